The third kappa shape index (κ3) is 3.07. The molecule has 1 atom stereocenters. The molecule has 2 aromatic rings. The van der Waals surface area contributed by atoms with Crippen LogP contribution >= 0.6 is 0 Å². The second-order valence-corrected chi connectivity index (χ2v) is 4.76. The van der Waals surface area contributed by atoms with Crippen LogP contribution in [0.4, 0.5) is 0 Å². The van der Waals surface area contributed by atoms with Gasteiger partial charge in [-0.2, -0.15) is 0 Å². The van der Waals surface area contributed by atoms with Crippen LogP contribution in [0.1, 0.15) is 16.8 Å². The second-order valence-electron chi connectivity index (χ2n) is 4.76. The summed E-state index contributed by atoms with van der Waals surface area (Å²) in [6.45, 7) is 1.07. The molecule has 1 aliphatic heterocycles. The fourth-order valence-electron chi connectivity index (χ4n) is 2.29. The summed E-state index contributed by atoms with van der Waals surface area (Å²) < 4.78 is 5.68. The molecule has 1 amide bonds. The van der Waals surface area contributed by atoms with Gasteiger partial charge in [0.2, 0.25) is 11.4 Å². The van der Waals surface area contributed by atoms with Gasteiger partial charge in [-0.15, -0.1) is 0 Å². The zero-order chi connectivity index (χ0) is 14.7. The lowest BCUT2D eigenvalue weighted by Crippen LogP contribution is -2.31. The van der Waals surface area contributed by atoms with Gasteiger partial charge in [0, 0.05) is 43.2 Å². The first kappa shape index (κ1) is 13.3. The van der Waals surface area contributed by atoms with Gasteiger partial charge in [-0.1, -0.05) is 0 Å². The maximum absolute atomic E-state index is 12.3. The van der Waals surface area contributed by atoms with E-state index in [0.29, 0.717) is 24.5 Å². The Kier molecular flexibility index (Phi) is 3.63. The Morgan fingerprint density at radius 3 is 3.10 bits per heavy atom. The Morgan fingerprint density at radius 2 is 2.33 bits per heavy atom. The molecule has 1 fully saturated rings. The van der Waals surface area contributed by atoms with Crippen LogP contribution in [0.3, 0.4) is 0 Å². The molecular formula is C14H14N4O3. The first-order valence-corrected chi connectivity index (χ1v) is 6.63. The number of hydrogen-bond donors (Lipinski definition) is 1. The highest BCUT2D eigenvalue weighted by Crippen LogP contribution is 2.17. The lowest BCUT2D eigenvalue weighted by molar-refractivity contribution is 0.0771. The monoisotopic (exact) mass is 286 g/mol. The summed E-state index contributed by atoms with van der Waals surface area (Å²) in [5, 5.41) is 0. The predicted molar refractivity (Wildman–Crippen MR) is 74.0 cm³/mol. The molecule has 0 saturated carbocycles. The molecule has 7 nitrogen and oxygen atoms in total. The Labute approximate surface area is 120 Å². The summed E-state index contributed by atoms with van der Waals surface area (Å²) in [7, 11) is 0. The smallest absolute Gasteiger partial charge is 0.254 e. The number of aromatic nitrogens is 3. The molecular weight excluding hydrogens is 272 g/mol. The van der Waals surface area contributed by atoms with Crippen molar-refractivity contribution in [2.75, 3.05) is 13.1 Å². The lowest BCUT2D eigenvalue weighted by Gasteiger charge is -2.16. The molecule has 108 valence electrons. The van der Waals surface area contributed by atoms with Crippen molar-refractivity contribution in [2.24, 2.45) is 0 Å². The Balaban J connectivity index is 1.64. The number of rotatable bonds is 3. The van der Waals surface area contributed by atoms with Gasteiger partial charge in [-0.3, -0.25) is 14.6 Å². The molecule has 3 rings (SSSR count). The number of amides is 1. The third-order valence-corrected chi connectivity index (χ3v) is 3.28. The van der Waals surface area contributed by atoms with E-state index in [0.717, 1.165) is 6.42 Å². The highest BCUT2D eigenvalue weighted by atomic mass is 16.5. The van der Waals surface area contributed by atoms with Crippen molar-refractivity contribution in [3.05, 3.63) is 52.8 Å². The van der Waals surface area contributed by atoms with E-state index >= 15 is 0 Å². The van der Waals surface area contributed by atoms with Gasteiger partial charge in [0.1, 0.15) is 6.10 Å². The quantitative estimate of drug-likeness (QED) is 0.885. The van der Waals surface area contributed by atoms with Gasteiger partial charge in [-0.25, -0.2) is 4.98 Å². The number of carbonyl (C=O) groups excluding carboxylic acids is 1. The van der Waals surface area contributed by atoms with Crippen molar-refractivity contribution < 1.29 is 9.53 Å². The van der Waals surface area contributed by atoms with Gasteiger partial charge in [-0.05, 0) is 6.07 Å². The van der Waals surface area contributed by atoms with Crippen molar-refractivity contribution in [1.29, 1.82) is 0 Å². The number of nitrogens with one attached hydrogen (secondary N) is 1. The second kappa shape index (κ2) is 5.74. The van der Waals surface area contributed by atoms with Crippen molar-refractivity contribution in [3.63, 3.8) is 0 Å². The van der Waals surface area contributed by atoms with E-state index in [2.05, 4.69) is 15.0 Å². The van der Waals surface area contributed by atoms with Crippen molar-refractivity contribution in [1.82, 2.24) is 19.9 Å². The maximum atomic E-state index is 12.3. The van der Waals surface area contributed by atoms with Crippen LogP contribution in [-0.2, 0) is 0 Å². The van der Waals surface area contributed by atoms with Crippen LogP contribution in [0.15, 0.2) is 41.7 Å². The SMILES string of the molecule is O=C(c1cc[nH]c(=O)c1)N1CCC(Oc2cnccn2)C1. The molecule has 21 heavy (non-hydrogen) atoms. The number of H-pyrrole nitrogens is 1. The van der Waals surface area contributed by atoms with E-state index in [9.17, 15) is 9.59 Å². The van der Waals surface area contributed by atoms with Crippen molar-refractivity contribution in [2.45, 2.75) is 12.5 Å². The predicted octanol–water partition coefficient (Wildman–Crippen LogP) is 0.458. The fraction of sp³-hybridized carbons (Fsp3) is 0.286. The molecule has 0 spiro atoms. The van der Waals surface area contributed by atoms with Crippen LogP contribution < -0.4 is 10.3 Å². The summed E-state index contributed by atoms with van der Waals surface area (Å²) >= 11 is 0. The average molecular weight is 286 g/mol. The van der Waals surface area contributed by atoms with E-state index in [1.807, 2.05) is 0 Å². The van der Waals surface area contributed by atoms with Crippen LogP contribution in [-0.4, -0.2) is 45.0 Å². The van der Waals surface area contributed by atoms with E-state index in [1.54, 1.807) is 29.6 Å². The standard InChI is InChI=1S/C14H14N4O3/c19-12-7-10(1-3-16-12)14(20)18-6-2-11(9-18)21-13-8-15-4-5-17-13/h1,3-5,7-8,11H,2,6,9H2,(H,16,19). The van der Waals surface area contributed by atoms with E-state index in [1.165, 1.54) is 12.3 Å². The number of hydrogen-bond acceptors (Lipinski definition) is 5. The minimum absolute atomic E-state index is 0.104. The highest BCUT2D eigenvalue weighted by molar-refractivity contribution is 5.94. The van der Waals surface area contributed by atoms with E-state index < -0.39 is 0 Å². The summed E-state index contributed by atoms with van der Waals surface area (Å²) in [5.74, 6) is 0.291. The summed E-state index contributed by atoms with van der Waals surface area (Å²) in [5.41, 5.74) is 0.103. The van der Waals surface area contributed by atoms with Crippen molar-refractivity contribution in [3.8, 4) is 5.88 Å². The highest BCUT2D eigenvalue weighted by Gasteiger charge is 2.28. The summed E-state index contributed by atoms with van der Waals surface area (Å²) in [6.07, 6.45) is 6.77. The molecule has 7 heteroatoms. The lowest BCUT2D eigenvalue weighted by atomic mass is 10.2. The topological polar surface area (TPSA) is 88.2 Å². The van der Waals surface area contributed by atoms with Gasteiger partial charge >= 0.3 is 0 Å². The minimum atomic E-state index is -0.285. The Morgan fingerprint density at radius 1 is 1.43 bits per heavy atom. The number of ether oxygens (including phenoxy) is 1. The first-order valence-electron chi connectivity index (χ1n) is 6.63. The van der Waals surface area contributed by atoms with Gasteiger partial charge in [0.25, 0.3) is 5.91 Å². The number of nitrogens with zero attached hydrogens (tertiary/aromatic N) is 3. The average Bonchev–Trinajstić information content (AvgIpc) is 2.96. The molecule has 2 aromatic heterocycles. The van der Waals surface area contributed by atoms with E-state index in [4.69, 9.17) is 4.74 Å². The largest absolute Gasteiger partial charge is 0.471 e. The molecule has 0 aliphatic carbocycles. The Hall–Kier alpha value is -2.70. The first-order chi connectivity index (χ1) is 10.2. The van der Waals surface area contributed by atoms with Crippen LogP contribution in [0.25, 0.3) is 0 Å². The van der Waals surface area contributed by atoms with Crippen LogP contribution in [0, 0.1) is 0 Å². The summed E-state index contributed by atoms with van der Waals surface area (Å²) in [6, 6.07) is 2.90. The molecule has 0 aromatic carbocycles. The molecule has 0 bridgehead atoms. The van der Waals surface area contributed by atoms with Gasteiger partial charge in [0.15, 0.2) is 0 Å². The maximum Gasteiger partial charge on any atom is 0.254 e. The number of likely N-dealkylation sites (tertiary alicyclic amines) is 1. The zero-order valence-electron chi connectivity index (χ0n) is 11.2. The van der Waals surface area contributed by atoms with Crippen molar-refractivity contribution >= 4 is 5.91 Å². The molecule has 1 saturated heterocycles. The van der Waals surface area contributed by atoms with Crippen LogP contribution in [0.2, 0.25) is 0 Å². The number of carbonyl (C=O) groups is 1. The molecule has 3 heterocycles. The third-order valence-electron chi connectivity index (χ3n) is 3.28. The van der Waals surface area contributed by atoms with Crippen LogP contribution in [0.5, 0.6) is 5.88 Å². The zero-order valence-corrected chi connectivity index (χ0v) is 11.2. The molecule has 0 radical (unpaired) electrons. The van der Waals surface area contributed by atoms with E-state index in [-0.39, 0.29) is 17.6 Å². The summed E-state index contributed by atoms with van der Waals surface area (Å²) in [4.78, 5) is 35.7. The number of pyridine rings is 1. The number of aromatic amines is 1. The molecule has 1 N–H and O–H groups in total. The Bertz CT molecular complexity index is 686. The molecule has 1 unspecified atom stereocenters. The minimum Gasteiger partial charge on any atom is -0.471 e. The normalized spacial score (nSPS) is 17.7. The fourth-order valence-corrected chi connectivity index (χ4v) is 2.29. The van der Waals surface area contributed by atoms with Gasteiger partial charge in [0.05, 0.1) is 12.7 Å². The molecule has 1 aliphatic rings. The van der Waals surface area contributed by atoms with Gasteiger partial charge < -0.3 is 14.6 Å².